The smallest absolute Gasteiger partial charge is 0.324 e. The minimum atomic E-state index is -0.514. The van der Waals surface area contributed by atoms with E-state index in [1.165, 1.54) is 48.3 Å². The van der Waals surface area contributed by atoms with E-state index < -0.39 is 11.9 Å². The van der Waals surface area contributed by atoms with Crippen LogP contribution in [0.25, 0.3) is 0 Å². The number of hydrogen-bond acceptors (Lipinski definition) is 7. The third-order valence-corrected chi connectivity index (χ3v) is 10.1. The number of amides is 6. The molecular formula is C27H42N4O5S2. The van der Waals surface area contributed by atoms with Crippen LogP contribution in [0.4, 0.5) is 4.79 Å². The Balaban J connectivity index is 1.72. The van der Waals surface area contributed by atoms with Crippen LogP contribution in [0.1, 0.15) is 71.6 Å². The quantitative estimate of drug-likeness (QED) is 0.126. The van der Waals surface area contributed by atoms with Crippen LogP contribution in [-0.4, -0.2) is 89.1 Å². The summed E-state index contributed by atoms with van der Waals surface area (Å²) in [4.78, 5) is 67.9. The second kappa shape index (κ2) is 14.4. The maximum Gasteiger partial charge on any atom is 0.324 e. The van der Waals surface area contributed by atoms with Gasteiger partial charge in [0.15, 0.2) is 0 Å². The summed E-state index contributed by atoms with van der Waals surface area (Å²) in [5.74, 6) is 1.07. The zero-order valence-electron chi connectivity index (χ0n) is 23.1. The lowest BCUT2D eigenvalue weighted by Crippen LogP contribution is -2.46. The van der Waals surface area contributed by atoms with E-state index >= 15 is 0 Å². The van der Waals surface area contributed by atoms with Gasteiger partial charge in [0.2, 0.25) is 6.41 Å². The molecular weight excluding hydrogens is 524 g/mol. The number of nitrogens with one attached hydrogen (secondary N) is 1. The Hall–Kier alpha value is -2.01. The minimum absolute atomic E-state index is 0.112. The van der Waals surface area contributed by atoms with Crippen LogP contribution in [0.2, 0.25) is 0 Å². The highest BCUT2D eigenvalue weighted by molar-refractivity contribution is 8.22. The third-order valence-electron chi connectivity index (χ3n) is 7.89. The van der Waals surface area contributed by atoms with Crippen LogP contribution in [0, 0.1) is 11.8 Å². The maximum absolute atomic E-state index is 13.9. The number of thioether (sulfide) groups is 2. The molecule has 1 unspecified atom stereocenters. The van der Waals surface area contributed by atoms with Crippen LogP contribution < -0.4 is 5.32 Å². The second-order valence-electron chi connectivity index (χ2n) is 10.5. The van der Waals surface area contributed by atoms with Crippen LogP contribution in [-0.2, 0) is 19.2 Å². The Kier molecular flexibility index (Phi) is 11.6. The van der Waals surface area contributed by atoms with E-state index in [4.69, 9.17) is 0 Å². The van der Waals surface area contributed by atoms with Gasteiger partial charge >= 0.3 is 6.03 Å². The Morgan fingerprint density at radius 2 is 1.58 bits per heavy atom. The molecule has 1 aliphatic heterocycles. The molecule has 1 heterocycles. The lowest BCUT2D eigenvalue weighted by atomic mass is 9.81. The summed E-state index contributed by atoms with van der Waals surface area (Å²) in [5.41, 5.74) is 0.112. The monoisotopic (exact) mass is 566 g/mol. The van der Waals surface area contributed by atoms with Gasteiger partial charge in [-0.25, -0.2) is 4.79 Å². The first-order chi connectivity index (χ1) is 18.2. The molecule has 0 bridgehead atoms. The number of carbonyl (C=O) groups is 5. The molecule has 3 aliphatic rings. The Labute approximate surface area is 234 Å². The van der Waals surface area contributed by atoms with E-state index in [1.807, 2.05) is 13.8 Å². The maximum atomic E-state index is 13.9. The average molecular weight is 567 g/mol. The van der Waals surface area contributed by atoms with E-state index in [1.54, 1.807) is 11.9 Å². The van der Waals surface area contributed by atoms with Gasteiger partial charge in [0.25, 0.3) is 17.7 Å². The minimum Gasteiger partial charge on any atom is -0.341 e. The highest BCUT2D eigenvalue weighted by Gasteiger charge is 2.39. The summed E-state index contributed by atoms with van der Waals surface area (Å²) in [6, 6.07) is -1.19. The summed E-state index contributed by atoms with van der Waals surface area (Å²) in [6.07, 6.45) is 8.37. The van der Waals surface area contributed by atoms with Crippen molar-refractivity contribution in [2.75, 3.05) is 32.1 Å². The number of carbonyl (C=O) groups excluding carboxylic acids is 5. The largest absolute Gasteiger partial charge is 0.341 e. The average Bonchev–Trinajstić information content (AvgIpc) is 3.49. The van der Waals surface area contributed by atoms with Crippen molar-refractivity contribution in [1.29, 1.82) is 0 Å². The lowest BCUT2D eigenvalue weighted by molar-refractivity contribution is -0.140. The van der Waals surface area contributed by atoms with Crippen molar-refractivity contribution in [1.82, 2.24) is 20.0 Å². The van der Waals surface area contributed by atoms with Gasteiger partial charge in [0.1, 0.15) is 11.6 Å². The fraction of sp³-hybridized carbons (Fsp3) is 0.741. The summed E-state index contributed by atoms with van der Waals surface area (Å²) in [5, 5.41) is 2.73. The van der Waals surface area contributed by atoms with E-state index in [-0.39, 0.29) is 35.4 Å². The molecule has 2 saturated carbocycles. The van der Waals surface area contributed by atoms with Gasteiger partial charge in [0, 0.05) is 26.7 Å². The molecule has 0 aromatic carbocycles. The molecule has 1 atom stereocenters. The van der Waals surface area contributed by atoms with E-state index in [0.717, 1.165) is 42.1 Å². The molecule has 3 rings (SSSR count). The number of urea groups is 1. The molecule has 2 aliphatic carbocycles. The molecule has 0 aromatic heterocycles. The van der Waals surface area contributed by atoms with Gasteiger partial charge < -0.3 is 10.2 Å². The van der Waals surface area contributed by atoms with Gasteiger partial charge in [-0.2, -0.15) is 0 Å². The molecule has 1 saturated heterocycles. The Bertz CT molecular complexity index is 920. The van der Waals surface area contributed by atoms with Crippen LogP contribution in [0.3, 0.4) is 0 Å². The molecule has 212 valence electrons. The normalized spacial score (nSPS) is 23.8. The Morgan fingerprint density at radius 3 is 2.08 bits per heavy atom. The Morgan fingerprint density at radius 1 is 0.974 bits per heavy atom. The summed E-state index contributed by atoms with van der Waals surface area (Å²) >= 11 is 2.96. The van der Waals surface area contributed by atoms with Crippen molar-refractivity contribution in [2.45, 2.75) is 83.7 Å². The molecule has 3 fully saturated rings. The fourth-order valence-electron chi connectivity index (χ4n) is 5.79. The van der Waals surface area contributed by atoms with Crippen molar-refractivity contribution in [3.63, 3.8) is 0 Å². The van der Waals surface area contributed by atoms with Crippen LogP contribution in [0.5, 0.6) is 0 Å². The SMILES string of the molecule is CCSC(SCC)=C(C(=O)N(C)CC1CCCC1)C(=O)N(C=O)C1CCC(CC2NC(=O)N(C)C2=O)CC1. The molecule has 0 spiro atoms. The van der Waals surface area contributed by atoms with E-state index in [0.29, 0.717) is 42.4 Å². The zero-order valence-corrected chi connectivity index (χ0v) is 24.7. The van der Waals surface area contributed by atoms with Crippen molar-refractivity contribution < 1.29 is 24.0 Å². The number of likely N-dealkylation sites (N-methyl/N-ethyl adjacent to an activating group) is 2. The van der Waals surface area contributed by atoms with Gasteiger partial charge in [-0.1, -0.05) is 26.7 Å². The molecule has 11 heteroatoms. The molecule has 0 radical (unpaired) electrons. The van der Waals surface area contributed by atoms with Crippen LogP contribution >= 0.6 is 23.5 Å². The zero-order chi connectivity index (χ0) is 27.8. The van der Waals surface area contributed by atoms with Crippen molar-refractivity contribution in [2.24, 2.45) is 11.8 Å². The first-order valence-corrected chi connectivity index (χ1v) is 15.8. The van der Waals surface area contributed by atoms with Gasteiger partial charge in [-0.05, 0) is 68.3 Å². The first-order valence-electron chi connectivity index (χ1n) is 13.8. The van der Waals surface area contributed by atoms with Gasteiger partial charge in [0.05, 0.1) is 4.24 Å². The molecule has 1 N–H and O–H groups in total. The predicted molar refractivity (Wildman–Crippen MR) is 151 cm³/mol. The number of imide groups is 2. The molecule has 6 amide bonds. The summed E-state index contributed by atoms with van der Waals surface area (Å²) < 4.78 is 0.684. The first kappa shape index (κ1) is 30.5. The van der Waals surface area contributed by atoms with Crippen molar-refractivity contribution in [3.05, 3.63) is 9.81 Å². The number of nitrogens with zero attached hydrogens (tertiary/aromatic N) is 3. The highest BCUT2D eigenvalue weighted by Crippen LogP contribution is 2.36. The summed E-state index contributed by atoms with van der Waals surface area (Å²) in [6.45, 7) is 4.60. The fourth-order valence-corrected chi connectivity index (χ4v) is 7.99. The predicted octanol–water partition coefficient (Wildman–Crippen LogP) is 3.84. The highest BCUT2D eigenvalue weighted by atomic mass is 32.2. The van der Waals surface area contributed by atoms with Gasteiger partial charge in [-0.15, -0.1) is 23.5 Å². The van der Waals surface area contributed by atoms with E-state index in [2.05, 4.69) is 5.32 Å². The molecule has 9 nitrogen and oxygen atoms in total. The second-order valence-corrected chi connectivity index (χ2v) is 13.3. The van der Waals surface area contributed by atoms with Crippen molar-refractivity contribution >= 4 is 53.7 Å². The number of rotatable bonds is 12. The molecule has 38 heavy (non-hydrogen) atoms. The summed E-state index contributed by atoms with van der Waals surface area (Å²) in [7, 11) is 3.23. The standard InChI is InChI=1S/C27H42N4O5S2/c1-5-37-26(38-6-2)22(24(34)29(3)16-19-9-7-8-10-19)25(35)31(17-32)20-13-11-18(12-14-20)15-21-23(33)30(4)27(36)28-21/h17-21H,5-16H2,1-4H3,(H,28,36). The van der Waals surface area contributed by atoms with Crippen molar-refractivity contribution in [3.8, 4) is 0 Å². The number of hydrogen-bond donors (Lipinski definition) is 1. The van der Waals surface area contributed by atoms with E-state index in [9.17, 15) is 24.0 Å². The van der Waals surface area contributed by atoms with Gasteiger partial charge in [-0.3, -0.25) is 29.0 Å². The topological polar surface area (TPSA) is 107 Å². The third kappa shape index (κ3) is 7.34. The lowest BCUT2D eigenvalue weighted by Gasteiger charge is -2.35. The molecule has 0 aromatic rings. The van der Waals surface area contributed by atoms with Crippen LogP contribution in [0.15, 0.2) is 9.81 Å².